The van der Waals surface area contributed by atoms with Gasteiger partial charge in [-0.1, -0.05) is 32.9 Å². The Morgan fingerprint density at radius 3 is 1.93 bits per heavy atom. The molecule has 27 heavy (non-hydrogen) atoms. The van der Waals surface area contributed by atoms with Crippen molar-refractivity contribution in [3.8, 4) is 0 Å². The van der Waals surface area contributed by atoms with Crippen LogP contribution < -0.4 is 5.32 Å². The Balaban J connectivity index is 2.13. The number of nitrogens with zero attached hydrogens (tertiary/aromatic N) is 1. The Morgan fingerprint density at radius 2 is 1.48 bits per heavy atom. The second-order valence-electron chi connectivity index (χ2n) is 7.92. The van der Waals surface area contributed by atoms with Crippen LogP contribution in [0.3, 0.4) is 0 Å². The van der Waals surface area contributed by atoms with Gasteiger partial charge in [0.25, 0.3) is 5.91 Å². The van der Waals surface area contributed by atoms with Crippen LogP contribution >= 0.6 is 0 Å². The van der Waals surface area contributed by atoms with Crippen molar-refractivity contribution in [3.05, 3.63) is 59.7 Å². The first-order valence-electron chi connectivity index (χ1n) is 8.93. The Bertz CT molecular complexity index is 894. The summed E-state index contributed by atoms with van der Waals surface area (Å²) in [5.74, 6) is -0.231. The van der Waals surface area contributed by atoms with Crippen molar-refractivity contribution in [2.24, 2.45) is 0 Å². The third-order valence-electron chi connectivity index (χ3n) is 4.53. The number of benzene rings is 2. The minimum Gasteiger partial charge on any atom is -0.322 e. The Labute approximate surface area is 162 Å². The molecule has 5 nitrogen and oxygen atoms in total. The van der Waals surface area contributed by atoms with Crippen molar-refractivity contribution >= 4 is 21.6 Å². The fourth-order valence-electron chi connectivity index (χ4n) is 2.48. The number of sulfonamides is 1. The number of amides is 1. The molecule has 1 amide bonds. The van der Waals surface area contributed by atoms with Crippen LogP contribution in [-0.2, 0) is 15.4 Å². The zero-order valence-corrected chi connectivity index (χ0v) is 17.6. The highest BCUT2D eigenvalue weighted by atomic mass is 32.2. The summed E-state index contributed by atoms with van der Waals surface area (Å²) in [5.41, 5.74) is 2.28. The Hall–Kier alpha value is -2.18. The van der Waals surface area contributed by atoms with Crippen molar-refractivity contribution in [1.82, 2.24) is 4.31 Å². The Kier molecular flexibility index (Phi) is 6.12. The fraction of sp³-hybridized carbons (Fsp3) is 0.381. The smallest absolute Gasteiger partial charge is 0.255 e. The zero-order chi connectivity index (χ0) is 20.4. The minimum absolute atomic E-state index is 0.0273. The van der Waals surface area contributed by atoms with Crippen LogP contribution in [0.1, 0.15) is 50.5 Å². The number of anilines is 1. The molecule has 2 aromatic carbocycles. The molecule has 0 aromatic heterocycles. The first-order valence-corrected chi connectivity index (χ1v) is 10.4. The van der Waals surface area contributed by atoms with Gasteiger partial charge >= 0.3 is 0 Å². The topological polar surface area (TPSA) is 66.5 Å². The molecule has 0 aliphatic rings. The molecule has 0 radical (unpaired) electrons. The van der Waals surface area contributed by atoms with E-state index in [9.17, 15) is 13.2 Å². The summed E-state index contributed by atoms with van der Waals surface area (Å²) in [6, 6.07) is 13.6. The first-order chi connectivity index (χ1) is 12.4. The molecule has 146 valence electrons. The van der Waals surface area contributed by atoms with Gasteiger partial charge in [-0.3, -0.25) is 4.79 Å². The lowest BCUT2D eigenvalue weighted by molar-refractivity contribution is 0.102. The molecule has 0 saturated carbocycles. The monoisotopic (exact) mass is 388 g/mol. The van der Waals surface area contributed by atoms with Gasteiger partial charge in [0, 0.05) is 24.3 Å². The van der Waals surface area contributed by atoms with Gasteiger partial charge in [0.15, 0.2) is 0 Å². The quantitative estimate of drug-likeness (QED) is 0.832. The lowest BCUT2D eigenvalue weighted by Gasteiger charge is -2.21. The van der Waals surface area contributed by atoms with E-state index in [4.69, 9.17) is 0 Å². The summed E-state index contributed by atoms with van der Waals surface area (Å²) in [4.78, 5) is 12.6. The fourth-order valence-corrected chi connectivity index (χ4v) is 3.85. The molecule has 0 unspecified atom stereocenters. The molecular formula is C21H28N2O3S. The minimum atomic E-state index is -3.53. The lowest BCUT2D eigenvalue weighted by Crippen LogP contribution is -2.33. The summed E-state index contributed by atoms with van der Waals surface area (Å²) in [6.07, 6.45) is 0. The number of hydrogen-bond donors (Lipinski definition) is 1. The van der Waals surface area contributed by atoms with Gasteiger partial charge in [-0.05, 0) is 61.2 Å². The highest BCUT2D eigenvalue weighted by molar-refractivity contribution is 7.89. The molecule has 0 bridgehead atoms. The van der Waals surface area contributed by atoms with E-state index in [1.165, 1.54) is 16.4 Å². The van der Waals surface area contributed by atoms with Gasteiger partial charge in [0.2, 0.25) is 10.0 Å². The van der Waals surface area contributed by atoms with Crippen LogP contribution in [-0.4, -0.2) is 31.7 Å². The van der Waals surface area contributed by atoms with Crippen molar-refractivity contribution in [2.45, 2.75) is 51.0 Å². The van der Waals surface area contributed by atoms with E-state index in [2.05, 4.69) is 26.1 Å². The van der Waals surface area contributed by atoms with E-state index in [1.807, 2.05) is 26.0 Å². The molecular weight excluding hydrogens is 360 g/mol. The van der Waals surface area contributed by atoms with Crippen molar-refractivity contribution in [1.29, 1.82) is 0 Å². The van der Waals surface area contributed by atoms with E-state index in [1.54, 1.807) is 31.3 Å². The molecule has 6 heteroatoms. The van der Waals surface area contributed by atoms with E-state index >= 15 is 0 Å². The van der Waals surface area contributed by atoms with Gasteiger partial charge in [-0.2, -0.15) is 4.31 Å². The van der Waals surface area contributed by atoms with Crippen LogP contribution in [0.25, 0.3) is 0 Å². The molecule has 1 N–H and O–H groups in total. The summed E-state index contributed by atoms with van der Waals surface area (Å²) >= 11 is 0. The second-order valence-corrected chi connectivity index (χ2v) is 9.92. The zero-order valence-electron chi connectivity index (χ0n) is 16.8. The predicted molar refractivity (Wildman–Crippen MR) is 110 cm³/mol. The standard InChI is InChI=1S/C21H28N2O3S/c1-15(2)23(6)27(25,26)19-13-11-18(12-14-19)22-20(24)16-7-9-17(10-8-16)21(3,4)5/h7-15H,1-6H3,(H,22,24). The average Bonchev–Trinajstić information content (AvgIpc) is 2.60. The van der Waals surface area contributed by atoms with Gasteiger partial charge in [0.05, 0.1) is 4.90 Å². The molecule has 2 aromatic rings. The molecule has 0 fully saturated rings. The maximum Gasteiger partial charge on any atom is 0.255 e. The number of hydrogen-bond acceptors (Lipinski definition) is 3. The molecule has 0 spiro atoms. The maximum absolute atomic E-state index is 12.5. The molecule has 0 saturated heterocycles. The summed E-state index contributed by atoms with van der Waals surface area (Å²) < 4.78 is 26.3. The van der Waals surface area contributed by atoms with E-state index in [0.29, 0.717) is 11.3 Å². The maximum atomic E-state index is 12.5. The summed E-state index contributed by atoms with van der Waals surface area (Å²) in [7, 11) is -1.98. The highest BCUT2D eigenvalue weighted by Gasteiger charge is 2.23. The third-order valence-corrected chi connectivity index (χ3v) is 6.58. The van der Waals surface area contributed by atoms with Crippen LogP contribution in [0.2, 0.25) is 0 Å². The molecule has 2 rings (SSSR count). The van der Waals surface area contributed by atoms with Gasteiger partial charge in [-0.15, -0.1) is 0 Å². The molecule has 0 heterocycles. The van der Waals surface area contributed by atoms with Crippen molar-refractivity contribution in [2.75, 3.05) is 12.4 Å². The second kappa shape index (κ2) is 7.82. The number of nitrogens with one attached hydrogen (secondary N) is 1. The Morgan fingerprint density at radius 1 is 0.963 bits per heavy atom. The van der Waals surface area contributed by atoms with E-state index in [0.717, 1.165) is 5.56 Å². The van der Waals surface area contributed by atoms with E-state index in [-0.39, 0.29) is 22.3 Å². The molecule has 0 atom stereocenters. The van der Waals surface area contributed by atoms with E-state index < -0.39 is 10.0 Å². The largest absolute Gasteiger partial charge is 0.322 e. The SMILES string of the molecule is CC(C)N(C)S(=O)(=O)c1ccc(NC(=O)c2ccc(C(C)(C)C)cc2)cc1. The normalized spacial score (nSPS) is 12.4. The van der Waals surface area contributed by atoms with Crippen LogP contribution in [0, 0.1) is 0 Å². The average molecular weight is 389 g/mol. The molecule has 0 aliphatic carbocycles. The van der Waals surface area contributed by atoms with Crippen molar-refractivity contribution in [3.63, 3.8) is 0 Å². The lowest BCUT2D eigenvalue weighted by atomic mass is 9.87. The number of carbonyl (C=O) groups is 1. The van der Waals surface area contributed by atoms with Crippen LogP contribution in [0.15, 0.2) is 53.4 Å². The predicted octanol–water partition coefficient (Wildman–Crippen LogP) is 4.27. The molecule has 0 aliphatic heterocycles. The third kappa shape index (κ3) is 4.96. The number of rotatable bonds is 5. The van der Waals surface area contributed by atoms with Crippen LogP contribution in [0.5, 0.6) is 0 Å². The van der Waals surface area contributed by atoms with Gasteiger partial charge in [-0.25, -0.2) is 8.42 Å². The van der Waals surface area contributed by atoms with Gasteiger partial charge < -0.3 is 5.32 Å². The summed E-state index contributed by atoms with van der Waals surface area (Å²) in [6.45, 7) is 9.99. The first kappa shape index (κ1) is 21.1. The number of carbonyl (C=O) groups excluding carboxylic acids is 1. The summed E-state index contributed by atoms with van der Waals surface area (Å²) in [5, 5.41) is 2.80. The van der Waals surface area contributed by atoms with Gasteiger partial charge in [0.1, 0.15) is 0 Å². The highest BCUT2D eigenvalue weighted by Crippen LogP contribution is 2.23. The van der Waals surface area contributed by atoms with Crippen molar-refractivity contribution < 1.29 is 13.2 Å². The van der Waals surface area contributed by atoms with Crippen LogP contribution in [0.4, 0.5) is 5.69 Å².